The number of hydrogen-bond donors (Lipinski definition) is 1. The van der Waals surface area contributed by atoms with Gasteiger partial charge in [0.25, 0.3) is 0 Å². The summed E-state index contributed by atoms with van der Waals surface area (Å²) in [5, 5.41) is 8.95. The lowest BCUT2D eigenvalue weighted by Gasteiger charge is -2.25. The second kappa shape index (κ2) is 6.39. The molecule has 0 spiro atoms. The molecule has 0 fully saturated rings. The van der Waals surface area contributed by atoms with Crippen molar-refractivity contribution in [3.8, 4) is 0 Å². The summed E-state index contributed by atoms with van der Waals surface area (Å²) in [6.45, 7) is 2.52. The van der Waals surface area contributed by atoms with Crippen LogP contribution >= 0.6 is 0 Å². The minimum Gasteiger partial charge on any atom is -0.395 e. The molecule has 0 unspecified atom stereocenters. The van der Waals surface area contributed by atoms with Gasteiger partial charge in [-0.1, -0.05) is 0 Å². The van der Waals surface area contributed by atoms with E-state index in [0.29, 0.717) is 0 Å². The van der Waals surface area contributed by atoms with Crippen molar-refractivity contribution in [1.29, 1.82) is 0 Å². The Morgan fingerprint density at radius 2 is 1.81 bits per heavy atom. The Morgan fingerprint density at radius 3 is 2.24 bits per heavy atom. The molecular weight excluding hydrogens is 321 g/mol. The third-order valence-corrected chi connectivity index (χ3v) is 6.01. The number of sulfone groups is 1. The first-order chi connectivity index (χ1) is 9.51. The van der Waals surface area contributed by atoms with Crippen molar-refractivity contribution in [2.24, 2.45) is 0 Å². The Balaban J connectivity index is 3.50. The van der Waals surface area contributed by atoms with E-state index in [1.54, 1.807) is 13.8 Å². The number of aliphatic hydroxyl groups is 1. The molecule has 0 aliphatic rings. The second-order valence-electron chi connectivity index (χ2n) is 4.80. The quantitative estimate of drug-likeness (QED) is 0.767. The molecule has 0 atom stereocenters. The first-order valence-electron chi connectivity index (χ1n) is 6.14. The summed E-state index contributed by atoms with van der Waals surface area (Å²) < 4.78 is 62.6. The number of rotatable bonds is 6. The molecule has 0 amide bonds. The first kappa shape index (κ1) is 18.0. The highest BCUT2D eigenvalue weighted by Crippen LogP contribution is 2.24. The average Bonchev–Trinajstić information content (AvgIpc) is 2.34. The van der Waals surface area contributed by atoms with Gasteiger partial charge < -0.3 is 5.11 Å². The molecule has 0 radical (unpaired) electrons. The smallest absolute Gasteiger partial charge is 0.246 e. The van der Waals surface area contributed by atoms with E-state index in [1.807, 2.05) is 0 Å². The Morgan fingerprint density at radius 1 is 1.24 bits per heavy atom. The number of sulfonamides is 1. The SMILES string of the molecule is CC(C)N(CCO)S(=O)(=O)c1cc(S(C)(=O)=O)ccc1F. The number of hydrogen-bond acceptors (Lipinski definition) is 5. The van der Waals surface area contributed by atoms with Crippen molar-refractivity contribution >= 4 is 19.9 Å². The molecule has 1 rings (SSSR count). The monoisotopic (exact) mass is 339 g/mol. The van der Waals surface area contributed by atoms with E-state index in [0.717, 1.165) is 28.8 Å². The van der Waals surface area contributed by atoms with Crippen LogP contribution in [0.3, 0.4) is 0 Å². The highest BCUT2D eigenvalue weighted by molar-refractivity contribution is 7.91. The molecule has 0 aliphatic heterocycles. The van der Waals surface area contributed by atoms with Crippen LogP contribution in [0.15, 0.2) is 28.0 Å². The van der Waals surface area contributed by atoms with Crippen LogP contribution in [0.2, 0.25) is 0 Å². The summed E-state index contributed by atoms with van der Waals surface area (Å²) in [4.78, 5) is -0.997. The van der Waals surface area contributed by atoms with Crippen LogP contribution < -0.4 is 0 Å². The molecule has 0 bridgehead atoms. The van der Waals surface area contributed by atoms with Crippen LogP contribution in [0, 0.1) is 5.82 Å². The van der Waals surface area contributed by atoms with E-state index in [4.69, 9.17) is 5.11 Å². The Hall–Kier alpha value is -1.03. The highest BCUT2D eigenvalue weighted by Gasteiger charge is 2.30. The molecule has 0 aliphatic carbocycles. The minimum absolute atomic E-state index is 0.206. The van der Waals surface area contributed by atoms with Crippen LogP contribution in [0.4, 0.5) is 4.39 Å². The highest BCUT2D eigenvalue weighted by atomic mass is 32.2. The van der Waals surface area contributed by atoms with E-state index >= 15 is 0 Å². The lowest BCUT2D eigenvalue weighted by Crippen LogP contribution is -2.39. The molecule has 0 aromatic heterocycles. The molecule has 0 heterocycles. The number of benzene rings is 1. The van der Waals surface area contributed by atoms with Crippen LogP contribution in [0.1, 0.15) is 13.8 Å². The van der Waals surface area contributed by atoms with Gasteiger partial charge in [-0.15, -0.1) is 0 Å². The van der Waals surface area contributed by atoms with Gasteiger partial charge in [-0.3, -0.25) is 0 Å². The topological polar surface area (TPSA) is 91.8 Å². The Bertz CT molecular complexity index is 713. The maximum atomic E-state index is 13.9. The molecule has 0 saturated heterocycles. The fraction of sp³-hybridized carbons (Fsp3) is 0.500. The Kier molecular flexibility index (Phi) is 5.48. The predicted octanol–water partition coefficient (Wildman–Crippen LogP) is 0.621. The molecule has 9 heteroatoms. The number of nitrogens with zero attached hydrogens (tertiary/aromatic N) is 1. The molecule has 1 aromatic carbocycles. The maximum Gasteiger partial charge on any atom is 0.246 e. The molecule has 1 aromatic rings. The third-order valence-electron chi connectivity index (χ3n) is 2.81. The molecule has 1 N–H and O–H groups in total. The van der Waals surface area contributed by atoms with Crippen molar-refractivity contribution in [1.82, 2.24) is 4.31 Å². The zero-order chi connectivity index (χ0) is 16.4. The second-order valence-corrected chi connectivity index (χ2v) is 8.67. The third kappa shape index (κ3) is 4.00. The van der Waals surface area contributed by atoms with Crippen LogP contribution in [-0.2, 0) is 19.9 Å². The Labute approximate surface area is 124 Å². The molecule has 0 saturated carbocycles. The van der Waals surface area contributed by atoms with E-state index in [2.05, 4.69) is 0 Å². The molecular formula is C12H18FNO5S2. The predicted molar refractivity (Wildman–Crippen MR) is 75.6 cm³/mol. The van der Waals surface area contributed by atoms with Gasteiger partial charge in [0.2, 0.25) is 10.0 Å². The lowest BCUT2D eigenvalue weighted by molar-refractivity contribution is 0.236. The van der Waals surface area contributed by atoms with Gasteiger partial charge in [0.1, 0.15) is 10.7 Å². The average molecular weight is 339 g/mol. The maximum absolute atomic E-state index is 13.9. The van der Waals surface area contributed by atoms with Gasteiger partial charge in [-0.05, 0) is 32.0 Å². The first-order valence-corrected chi connectivity index (χ1v) is 9.47. The largest absolute Gasteiger partial charge is 0.395 e. The summed E-state index contributed by atoms with van der Waals surface area (Å²) in [5.41, 5.74) is 0. The summed E-state index contributed by atoms with van der Waals surface area (Å²) >= 11 is 0. The van der Waals surface area contributed by atoms with Crippen molar-refractivity contribution < 1.29 is 26.3 Å². The van der Waals surface area contributed by atoms with Gasteiger partial charge in [0.05, 0.1) is 11.5 Å². The van der Waals surface area contributed by atoms with Crippen LogP contribution in [-0.4, -0.2) is 51.7 Å². The van der Waals surface area contributed by atoms with Crippen molar-refractivity contribution in [3.05, 3.63) is 24.0 Å². The van der Waals surface area contributed by atoms with Crippen molar-refractivity contribution in [2.75, 3.05) is 19.4 Å². The van der Waals surface area contributed by atoms with Gasteiger partial charge >= 0.3 is 0 Å². The molecule has 6 nitrogen and oxygen atoms in total. The summed E-state index contributed by atoms with van der Waals surface area (Å²) in [6, 6.07) is 2.10. The van der Waals surface area contributed by atoms with E-state index in [9.17, 15) is 21.2 Å². The molecule has 21 heavy (non-hydrogen) atoms. The van der Waals surface area contributed by atoms with Gasteiger partial charge in [0, 0.05) is 18.8 Å². The van der Waals surface area contributed by atoms with E-state index in [-0.39, 0.29) is 11.4 Å². The van der Waals surface area contributed by atoms with E-state index in [1.165, 1.54) is 0 Å². The number of halogens is 1. The normalized spacial score (nSPS) is 13.1. The van der Waals surface area contributed by atoms with Gasteiger partial charge in [-0.25, -0.2) is 21.2 Å². The summed E-state index contributed by atoms with van der Waals surface area (Å²) in [7, 11) is -7.90. The van der Waals surface area contributed by atoms with E-state index < -0.39 is 43.2 Å². The number of aliphatic hydroxyl groups excluding tert-OH is 1. The van der Waals surface area contributed by atoms with Crippen molar-refractivity contribution in [3.63, 3.8) is 0 Å². The molecule has 120 valence electrons. The van der Waals surface area contributed by atoms with Gasteiger partial charge in [0.15, 0.2) is 9.84 Å². The summed E-state index contributed by atoms with van der Waals surface area (Å²) in [6.07, 6.45) is 0.907. The zero-order valence-corrected chi connectivity index (χ0v) is 13.6. The van der Waals surface area contributed by atoms with Crippen molar-refractivity contribution in [2.45, 2.75) is 29.7 Å². The minimum atomic E-state index is -4.24. The van der Waals surface area contributed by atoms with Crippen LogP contribution in [0.5, 0.6) is 0 Å². The lowest BCUT2D eigenvalue weighted by atomic mass is 10.3. The standard InChI is InChI=1S/C12H18FNO5S2/c1-9(2)14(6-7-15)21(18,19)12-8-10(20(3,16)17)4-5-11(12)13/h4-5,8-9,15H,6-7H2,1-3H3. The fourth-order valence-electron chi connectivity index (χ4n) is 1.79. The van der Waals surface area contributed by atoms with Gasteiger partial charge in [-0.2, -0.15) is 4.31 Å². The fourth-order valence-corrected chi connectivity index (χ4v) is 4.23. The van der Waals surface area contributed by atoms with Crippen LogP contribution in [0.25, 0.3) is 0 Å². The summed E-state index contributed by atoms with van der Waals surface area (Å²) in [5.74, 6) is -1.04. The zero-order valence-electron chi connectivity index (χ0n) is 11.9.